The van der Waals surface area contributed by atoms with Gasteiger partial charge in [0.25, 0.3) is 0 Å². The zero-order chi connectivity index (χ0) is 9.84. The van der Waals surface area contributed by atoms with Crippen LogP contribution >= 0.6 is 12.9 Å². The molecule has 0 spiro atoms. The van der Waals surface area contributed by atoms with Gasteiger partial charge in [-0.1, -0.05) is 0 Å². The van der Waals surface area contributed by atoms with E-state index in [4.69, 9.17) is 4.18 Å². The van der Waals surface area contributed by atoms with Crippen LogP contribution in [-0.2, 0) is 8.98 Å². The fraction of sp³-hybridized carbons (Fsp3) is 0.889. The van der Waals surface area contributed by atoms with Gasteiger partial charge in [0, 0.05) is 20.0 Å². The average Bonchev–Trinajstić information content (AvgIpc) is 2.17. The van der Waals surface area contributed by atoms with Crippen molar-refractivity contribution < 1.29 is 8.98 Å². The van der Waals surface area contributed by atoms with Gasteiger partial charge < -0.3 is 9.08 Å². The Balaban J connectivity index is 2.36. The molecule has 3 nitrogen and oxygen atoms in total. The lowest BCUT2D eigenvalue weighted by Gasteiger charge is -2.27. The Morgan fingerprint density at radius 2 is 1.85 bits per heavy atom. The topological polar surface area (TPSA) is 29.5 Å². The molecule has 0 aromatic heterocycles. The maximum Gasteiger partial charge on any atom is 0.225 e. The summed E-state index contributed by atoms with van der Waals surface area (Å²) in [5.41, 5.74) is 0. The van der Waals surface area contributed by atoms with Crippen molar-refractivity contribution in [1.82, 2.24) is 4.90 Å². The number of carbonyl (C=O) groups excluding carboxylic acids is 1. The molecule has 1 amide bonds. The lowest BCUT2D eigenvalue weighted by molar-refractivity contribution is -0.134. The van der Waals surface area contributed by atoms with Crippen LogP contribution in [0.5, 0.6) is 0 Å². The maximum absolute atomic E-state index is 11.6. The van der Waals surface area contributed by atoms with Gasteiger partial charge in [-0.15, -0.1) is 0 Å². The summed E-state index contributed by atoms with van der Waals surface area (Å²) in [5, 5.41) is 0. The number of carbonyl (C=O) groups is 1. The van der Waals surface area contributed by atoms with E-state index in [0.29, 0.717) is 0 Å². The second-order valence-corrected chi connectivity index (χ2v) is 4.02. The summed E-state index contributed by atoms with van der Waals surface area (Å²) >= 11 is 3.79. The Hall–Kier alpha value is -0.220. The number of thiol groups is 1. The van der Waals surface area contributed by atoms with Gasteiger partial charge in [0.05, 0.1) is 6.10 Å². The van der Waals surface area contributed by atoms with Crippen molar-refractivity contribution in [3.8, 4) is 0 Å². The lowest BCUT2D eigenvalue weighted by Crippen LogP contribution is -2.33. The Labute approximate surface area is 85.1 Å². The largest absolute Gasteiger partial charge is 0.349 e. The van der Waals surface area contributed by atoms with Gasteiger partial charge in [-0.25, -0.2) is 0 Å². The molecule has 0 unspecified atom stereocenters. The minimum Gasteiger partial charge on any atom is -0.349 e. The van der Waals surface area contributed by atoms with Crippen molar-refractivity contribution in [2.75, 3.05) is 14.1 Å². The van der Waals surface area contributed by atoms with Crippen LogP contribution < -0.4 is 0 Å². The molecule has 13 heavy (non-hydrogen) atoms. The summed E-state index contributed by atoms with van der Waals surface area (Å²) in [6, 6.07) is 0. The number of rotatable bonds is 2. The highest BCUT2D eigenvalue weighted by molar-refractivity contribution is 7.75. The molecule has 1 saturated carbocycles. The first kappa shape index (κ1) is 10.9. The van der Waals surface area contributed by atoms with E-state index in [0.717, 1.165) is 25.7 Å². The fourth-order valence-corrected chi connectivity index (χ4v) is 1.99. The molecule has 0 bridgehead atoms. The molecular formula is C9H17NO2S. The summed E-state index contributed by atoms with van der Waals surface area (Å²) in [7, 11) is 3.62. The maximum atomic E-state index is 11.6. The predicted octanol–water partition coefficient (Wildman–Crippen LogP) is 1.49. The molecule has 4 heteroatoms. The molecule has 0 aromatic carbocycles. The van der Waals surface area contributed by atoms with Crippen molar-refractivity contribution in [2.45, 2.75) is 31.8 Å². The SMILES string of the molecule is CN(C)C(=O)[C@H]1CC[C@H](OS)CC1. The Bertz CT molecular complexity index is 176. The van der Waals surface area contributed by atoms with Crippen molar-refractivity contribution in [2.24, 2.45) is 5.92 Å². The average molecular weight is 203 g/mol. The summed E-state index contributed by atoms with van der Waals surface area (Å²) in [4.78, 5) is 13.2. The van der Waals surface area contributed by atoms with Gasteiger partial charge >= 0.3 is 0 Å². The van der Waals surface area contributed by atoms with E-state index in [1.54, 1.807) is 4.90 Å². The highest BCUT2D eigenvalue weighted by atomic mass is 32.1. The van der Waals surface area contributed by atoms with Crippen LogP contribution in [-0.4, -0.2) is 31.0 Å². The lowest BCUT2D eigenvalue weighted by atomic mass is 9.87. The third-order valence-corrected chi connectivity index (χ3v) is 2.91. The molecule has 0 radical (unpaired) electrons. The van der Waals surface area contributed by atoms with E-state index in [2.05, 4.69) is 12.9 Å². The van der Waals surface area contributed by atoms with Crippen LogP contribution in [0.25, 0.3) is 0 Å². The van der Waals surface area contributed by atoms with Gasteiger partial charge in [0.2, 0.25) is 5.91 Å². The van der Waals surface area contributed by atoms with Gasteiger partial charge in [-0.3, -0.25) is 4.79 Å². The quantitative estimate of drug-likeness (QED) is 0.544. The first-order chi connectivity index (χ1) is 6.15. The van der Waals surface area contributed by atoms with Crippen LogP contribution in [0.4, 0.5) is 0 Å². The van der Waals surface area contributed by atoms with E-state index in [-0.39, 0.29) is 17.9 Å². The van der Waals surface area contributed by atoms with Gasteiger partial charge in [-0.2, -0.15) is 0 Å². The zero-order valence-corrected chi connectivity index (χ0v) is 9.09. The zero-order valence-electron chi connectivity index (χ0n) is 8.19. The van der Waals surface area contributed by atoms with E-state index >= 15 is 0 Å². The monoisotopic (exact) mass is 203 g/mol. The number of nitrogens with zero attached hydrogens (tertiary/aromatic N) is 1. The van der Waals surface area contributed by atoms with E-state index in [1.165, 1.54) is 0 Å². The molecule has 1 fully saturated rings. The molecule has 1 rings (SSSR count). The van der Waals surface area contributed by atoms with Crippen molar-refractivity contribution in [1.29, 1.82) is 0 Å². The second-order valence-electron chi connectivity index (χ2n) is 3.81. The van der Waals surface area contributed by atoms with Crippen molar-refractivity contribution in [3.63, 3.8) is 0 Å². The summed E-state index contributed by atoms with van der Waals surface area (Å²) in [6.45, 7) is 0. The smallest absolute Gasteiger partial charge is 0.225 e. The van der Waals surface area contributed by atoms with E-state index in [9.17, 15) is 4.79 Å². The molecule has 1 aliphatic rings. The van der Waals surface area contributed by atoms with Crippen molar-refractivity contribution >= 4 is 18.8 Å². The molecule has 0 saturated heterocycles. The van der Waals surface area contributed by atoms with Crippen LogP contribution in [0.3, 0.4) is 0 Å². The van der Waals surface area contributed by atoms with Gasteiger partial charge in [0.1, 0.15) is 0 Å². The number of hydrogen-bond acceptors (Lipinski definition) is 3. The predicted molar refractivity (Wildman–Crippen MR) is 54.5 cm³/mol. The van der Waals surface area contributed by atoms with E-state index < -0.39 is 0 Å². The fourth-order valence-electron chi connectivity index (χ4n) is 1.78. The third-order valence-electron chi connectivity index (χ3n) is 2.61. The Morgan fingerprint density at radius 1 is 1.31 bits per heavy atom. The number of amides is 1. The molecule has 0 aromatic rings. The highest BCUT2D eigenvalue weighted by Crippen LogP contribution is 2.27. The van der Waals surface area contributed by atoms with Crippen molar-refractivity contribution in [3.05, 3.63) is 0 Å². The molecule has 0 aliphatic heterocycles. The first-order valence-corrected chi connectivity index (χ1v) is 5.03. The number of hydrogen-bond donors (Lipinski definition) is 1. The highest BCUT2D eigenvalue weighted by Gasteiger charge is 2.27. The normalized spacial score (nSPS) is 28.5. The minimum absolute atomic E-state index is 0.203. The molecule has 0 heterocycles. The molecule has 1 aliphatic carbocycles. The Kier molecular flexibility index (Phi) is 4.06. The second kappa shape index (κ2) is 4.86. The standard InChI is InChI=1S/C9H17NO2S/c1-10(2)9(11)7-3-5-8(12-13)6-4-7/h7-8,13H,3-6H2,1-2H3/t7-,8-. The summed E-state index contributed by atoms with van der Waals surface area (Å²) in [5.74, 6) is 0.451. The first-order valence-electron chi connectivity index (χ1n) is 4.66. The molecular weight excluding hydrogens is 186 g/mol. The molecule has 76 valence electrons. The van der Waals surface area contributed by atoms with Gasteiger partial charge in [0.15, 0.2) is 0 Å². The molecule has 0 N–H and O–H groups in total. The molecule has 0 atom stereocenters. The third kappa shape index (κ3) is 2.88. The summed E-state index contributed by atoms with van der Waals surface area (Å²) < 4.78 is 4.95. The van der Waals surface area contributed by atoms with Crippen LogP contribution in [0.1, 0.15) is 25.7 Å². The Morgan fingerprint density at radius 3 is 2.23 bits per heavy atom. The van der Waals surface area contributed by atoms with Gasteiger partial charge in [-0.05, 0) is 38.6 Å². The minimum atomic E-state index is 0.203. The van der Waals surface area contributed by atoms with Crippen LogP contribution in [0.15, 0.2) is 0 Å². The van der Waals surface area contributed by atoms with Crippen LogP contribution in [0, 0.1) is 5.92 Å². The summed E-state index contributed by atoms with van der Waals surface area (Å²) in [6.07, 6.45) is 4.01. The van der Waals surface area contributed by atoms with Crippen LogP contribution in [0.2, 0.25) is 0 Å². The van der Waals surface area contributed by atoms with E-state index in [1.807, 2.05) is 14.1 Å².